The highest BCUT2D eigenvalue weighted by Crippen LogP contribution is 2.26. The summed E-state index contributed by atoms with van der Waals surface area (Å²) in [7, 11) is 0. The first kappa shape index (κ1) is 7.66. The molecular weight excluding hydrogens is 146 g/mol. The molecule has 1 aromatic rings. The van der Waals surface area contributed by atoms with Gasteiger partial charge in [-0.05, 0) is 38.3 Å². The molecule has 0 radical (unpaired) electrons. The van der Waals surface area contributed by atoms with Crippen LogP contribution in [0.25, 0.3) is 0 Å². The third kappa shape index (κ3) is 1.60. The zero-order valence-electron chi connectivity index (χ0n) is 7.72. The summed E-state index contributed by atoms with van der Waals surface area (Å²) in [5.41, 5.74) is 4.01. The predicted octanol–water partition coefficient (Wildman–Crippen LogP) is 2.88. The maximum absolute atomic E-state index is 3.51. The van der Waals surface area contributed by atoms with Gasteiger partial charge in [0.1, 0.15) is 0 Å². The van der Waals surface area contributed by atoms with Gasteiger partial charge >= 0.3 is 0 Å². The molecule has 1 N–H and O–H groups in total. The first-order valence-corrected chi connectivity index (χ1v) is 4.59. The van der Waals surface area contributed by atoms with Crippen molar-refractivity contribution in [3.05, 3.63) is 29.3 Å². The molecule has 1 fully saturated rings. The number of rotatable bonds is 2. The Kier molecular flexibility index (Phi) is 1.80. The van der Waals surface area contributed by atoms with Crippen LogP contribution in [0, 0.1) is 13.8 Å². The van der Waals surface area contributed by atoms with Gasteiger partial charge in [0.05, 0.1) is 0 Å². The number of benzene rings is 1. The van der Waals surface area contributed by atoms with E-state index in [4.69, 9.17) is 0 Å². The van der Waals surface area contributed by atoms with Gasteiger partial charge in [-0.15, -0.1) is 0 Å². The van der Waals surface area contributed by atoms with E-state index in [0.29, 0.717) is 0 Å². The molecule has 0 atom stereocenters. The Morgan fingerprint density at radius 3 is 2.58 bits per heavy atom. The Bertz CT molecular complexity index is 287. The van der Waals surface area contributed by atoms with Crippen LogP contribution in [0.5, 0.6) is 0 Å². The van der Waals surface area contributed by atoms with E-state index in [0.717, 1.165) is 6.04 Å². The van der Waals surface area contributed by atoms with Crippen LogP contribution in [-0.2, 0) is 0 Å². The Morgan fingerprint density at radius 2 is 2.00 bits per heavy atom. The highest BCUT2D eigenvalue weighted by Gasteiger charge is 2.20. The molecule has 0 aromatic heterocycles. The highest BCUT2D eigenvalue weighted by molar-refractivity contribution is 5.53. The molecule has 0 bridgehead atoms. The maximum atomic E-state index is 3.51. The standard InChI is InChI=1S/C11H15N/c1-8-3-6-11(9(2)7-8)12-10-4-5-10/h3,6-7,10,12H,4-5H2,1-2H3. The maximum Gasteiger partial charge on any atom is 0.0372 e. The van der Waals surface area contributed by atoms with Crippen molar-refractivity contribution in [3.63, 3.8) is 0 Å². The minimum atomic E-state index is 0.756. The molecule has 0 spiro atoms. The van der Waals surface area contributed by atoms with E-state index in [2.05, 4.69) is 37.4 Å². The highest BCUT2D eigenvalue weighted by atomic mass is 15.0. The van der Waals surface area contributed by atoms with Gasteiger partial charge in [-0.2, -0.15) is 0 Å². The Labute approximate surface area is 73.8 Å². The van der Waals surface area contributed by atoms with E-state index in [-0.39, 0.29) is 0 Å². The number of hydrogen-bond acceptors (Lipinski definition) is 1. The van der Waals surface area contributed by atoms with E-state index in [9.17, 15) is 0 Å². The Hall–Kier alpha value is -0.980. The van der Waals surface area contributed by atoms with Gasteiger partial charge in [0, 0.05) is 11.7 Å². The largest absolute Gasteiger partial charge is 0.382 e. The third-order valence-corrected chi connectivity index (χ3v) is 2.32. The molecule has 0 amide bonds. The van der Waals surface area contributed by atoms with Gasteiger partial charge in [-0.25, -0.2) is 0 Å². The van der Waals surface area contributed by atoms with Crippen molar-refractivity contribution in [1.29, 1.82) is 0 Å². The fraction of sp³-hybridized carbons (Fsp3) is 0.455. The lowest BCUT2D eigenvalue weighted by Gasteiger charge is -2.08. The van der Waals surface area contributed by atoms with Crippen molar-refractivity contribution >= 4 is 5.69 Å². The predicted molar refractivity (Wildman–Crippen MR) is 52.6 cm³/mol. The minimum Gasteiger partial charge on any atom is -0.382 e. The zero-order valence-corrected chi connectivity index (χ0v) is 7.72. The fourth-order valence-corrected chi connectivity index (χ4v) is 1.42. The van der Waals surface area contributed by atoms with E-state index in [1.165, 1.54) is 29.7 Å². The van der Waals surface area contributed by atoms with Crippen molar-refractivity contribution in [2.75, 3.05) is 5.32 Å². The van der Waals surface area contributed by atoms with Crippen LogP contribution in [0.15, 0.2) is 18.2 Å². The second-order valence-corrected chi connectivity index (χ2v) is 3.74. The van der Waals surface area contributed by atoms with Gasteiger partial charge in [0.2, 0.25) is 0 Å². The molecule has 0 unspecified atom stereocenters. The average Bonchev–Trinajstić information content (AvgIpc) is 2.79. The fourth-order valence-electron chi connectivity index (χ4n) is 1.42. The first-order valence-electron chi connectivity index (χ1n) is 4.59. The topological polar surface area (TPSA) is 12.0 Å². The summed E-state index contributed by atoms with van der Waals surface area (Å²) in [6.07, 6.45) is 2.68. The molecule has 0 saturated heterocycles. The Morgan fingerprint density at radius 1 is 1.25 bits per heavy atom. The summed E-state index contributed by atoms with van der Waals surface area (Å²) in [6.45, 7) is 4.30. The van der Waals surface area contributed by atoms with E-state index < -0.39 is 0 Å². The monoisotopic (exact) mass is 161 g/mol. The van der Waals surface area contributed by atoms with Gasteiger partial charge in [0.15, 0.2) is 0 Å². The van der Waals surface area contributed by atoms with Crippen LogP contribution in [0.4, 0.5) is 5.69 Å². The summed E-state index contributed by atoms with van der Waals surface area (Å²) >= 11 is 0. The van der Waals surface area contributed by atoms with Gasteiger partial charge < -0.3 is 5.32 Å². The molecule has 0 heterocycles. The molecule has 0 aliphatic heterocycles. The molecule has 1 saturated carbocycles. The summed E-state index contributed by atoms with van der Waals surface area (Å²) < 4.78 is 0. The number of anilines is 1. The summed E-state index contributed by atoms with van der Waals surface area (Å²) in [5, 5.41) is 3.51. The molecule has 1 aliphatic carbocycles. The van der Waals surface area contributed by atoms with Crippen LogP contribution in [0.1, 0.15) is 24.0 Å². The summed E-state index contributed by atoms with van der Waals surface area (Å²) in [4.78, 5) is 0. The smallest absolute Gasteiger partial charge is 0.0372 e. The van der Waals surface area contributed by atoms with Crippen LogP contribution < -0.4 is 5.32 Å². The molecule has 1 nitrogen and oxygen atoms in total. The van der Waals surface area contributed by atoms with Crippen LogP contribution in [0.2, 0.25) is 0 Å². The molecule has 1 aliphatic rings. The van der Waals surface area contributed by atoms with E-state index in [1.807, 2.05) is 0 Å². The Balaban J connectivity index is 2.18. The molecule has 1 aromatic carbocycles. The lowest BCUT2D eigenvalue weighted by molar-refractivity contribution is 1.14. The van der Waals surface area contributed by atoms with Crippen LogP contribution >= 0.6 is 0 Å². The number of nitrogens with one attached hydrogen (secondary N) is 1. The van der Waals surface area contributed by atoms with Crippen molar-refractivity contribution in [2.24, 2.45) is 0 Å². The zero-order chi connectivity index (χ0) is 8.55. The minimum absolute atomic E-state index is 0.756. The summed E-state index contributed by atoms with van der Waals surface area (Å²) in [5.74, 6) is 0. The molecular formula is C11H15N. The van der Waals surface area contributed by atoms with Crippen molar-refractivity contribution in [2.45, 2.75) is 32.7 Å². The van der Waals surface area contributed by atoms with Crippen molar-refractivity contribution < 1.29 is 0 Å². The lowest BCUT2D eigenvalue weighted by Crippen LogP contribution is -2.02. The van der Waals surface area contributed by atoms with Crippen LogP contribution in [-0.4, -0.2) is 6.04 Å². The average molecular weight is 161 g/mol. The van der Waals surface area contributed by atoms with Gasteiger partial charge in [-0.3, -0.25) is 0 Å². The normalized spacial score (nSPS) is 16.2. The van der Waals surface area contributed by atoms with E-state index >= 15 is 0 Å². The van der Waals surface area contributed by atoms with Gasteiger partial charge in [-0.1, -0.05) is 17.7 Å². The number of hydrogen-bond donors (Lipinski definition) is 1. The summed E-state index contributed by atoms with van der Waals surface area (Å²) in [6, 6.07) is 7.33. The molecule has 2 rings (SSSR count). The third-order valence-electron chi connectivity index (χ3n) is 2.32. The second-order valence-electron chi connectivity index (χ2n) is 3.74. The van der Waals surface area contributed by atoms with Crippen molar-refractivity contribution in [1.82, 2.24) is 0 Å². The lowest BCUT2D eigenvalue weighted by atomic mass is 10.1. The van der Waals surface area contributed by atoms with Crippen molar-refractivity contribution in [3.8, 4) is 0 Å². The molecule has 12 heavy (non-hydrogen) atoms. The second kappa shape index (κ2) is 2.81. The molecule has 1 heteroatoms. The van der Waals surface area contributed by atoms with Gasteiger partial charge in [0.25, 0.3) is 0 Å². The number of aryl methyl sites for hydroxylation is 2. The molecule has 64 valence electrons. The first-order chi connectivity index (χ1) is 5.75. The quantitative estimate of drug-likeness (QED) is 0.703. The SMILES string of the molecule is Cc1ccc(NC2CC2)c(C)c1. The van der Waals surface area contributed by atoms with E-state index in [1.54, 1.807) is 0 Å². The van der Waals surface area contributed by atoms with Crippen LogP contribution in [0.3, 0.4) is 0 Å².